The lowest BCUT2D eigenvalue weighted by Gasteiger charge is -2.43. The summed E-state index contributed by atoms with van der Waals surface area (Å²) in [6, 6.07) is 2.23. The van der Waals surface area contributed by atoms with Crippen molar-refractivity contribution in [2.45, 2.75) is 24.9 Å². The van der Waals surface area contributed by atoms with Gasteiger partial charge in [0, 0.05) is 23.3 Å². The second-order valence-electron chi connectivity index (χ2n) is 5.73. The molecule has 1 amide bonds. The molecule has 1 saturated heterocycles. The topological polar surface area (TPSA) is 68.5 Å². The highest BCUT2D eigenvalue weighted by atomic mass is 32.1. The van der Waals surface area contributed by atoms with Gasteiger partial charge in [0.1, 0.15) is 11.3 Å². The number of nitrogens with zero attached hydrogens (tertiary/aromatic N) is 2. The van der Waals surface area contributed by atoms with Crippen molar-refractivity contribution >= 4 is 33.7 Å². The molecule has 1 spiro atoms. The van der Waals surface area contributed by atoms with Gasteiger partial charge in [0.05, 0.1) is 6.61 Å². The predicted octanol–water partition coefficient (Wildman–Crippen LogP) is 2.37. The minimum atomic E-state index is -0.463. The van der Waals surface area contributed by atoms with Crippen LogP contribution in [0, 0.1) is 0 Å². The number of amides is 1. The zero-order chi connectivity index (χ0) is 15.2. The average Bonchev–Trinajstić information content (AvgIpc) is 3.18. The zero-order valence-electron chi connectivity index (χ0n) is 12.1. The minimum absolute atomic E-state index is 0.109. The third-order valence-electron chi connectivity index (χ3n) is 4.50. The monoisotopic (exact) mass is 335 g/mol. The maximum Gasteiger partial charge on any atom is 0.268 e. The summed E-state index contributed by atoms with van der Waals surface area (Å²) in [7, 11) is 0. The van der Waals surface area contributed by atoms with Crippen LogP contribution >= 0.6 is 22.7 Å². The number of aromatic nitrogens is 1. The molecule has 2 aromatic heterocycles. The molecule has 0 bridgehead atoms. The van der Waals surface area contributed by atoms with E-state index in [0.29, 0.717) is 5.69 Å². The number of fused-ring (bicyclic) bond motifs is 2. The van der Waals surface area contributed by atoms with Gasteiger partial charge in [-0.15, -0.1) is 22.7 Å². The molecular weight excluding hydrogens is 318 g/mol. The highest BCUT2D eigenvalue weighted by molar-refractivity contribution is 7.14. The van der Waals surface area contributed by atoms with Gasteiger partial charge in [0.15, 0.2) is 5.13 Å². The second kappa shape index (κ2) is 5.33. The quantitative estimate of drug-likeness (QED) is 0.915. The first kappa shape index (κ1) is 14.2. The van der Waals surface area contributed by atoms with Crippen LogP contribution < -0.4 is 10.6 Å². The van der Waals surface area contributed by atoms with E-state index in [9.17, 15) is 4.79 Å². The SMILES string of the molecule is NC(=O)c1csc(N2CCC3(CC2)OCCc2ccsc23)n1. The Morgan fingerprint density at radius 1 is 1.36 bits per heavy atom. The molecule has 4 heterocycles. The number of anilines is 1. The molecule has 116 valence electrons. The van der Waals surface area contributed by atoms with Crippen LogP contribution in [-0.4, -0.2) is 30.6 Å². The van der Waals surface area contributed by atoms with Crippen LogP contribution in [0.2, 0.25) is 0 Å². The fourth-order valence-electron chi connectivity index (χ4n) is 3.31. The largest absolute Gasteiger partial charge is 0.369 e. The van der Waals surface area contributed by atoms with Crippen molar-refractivity contribution in [1.29, 1.82) is 0 Å². The van der Waals surface area contributed by atoms with Crippen molar-refractivity contribution in [2.75, 3.05) is 24.6 Å². The third kappa shape index (κ3) is 2.24. The van der Waals surface area contributed by atoms with Crippen LogP contribution in [0.1, 0.15) is 33.8 Å². The van der Waals surface area contributed by atoms with Gasteiger partial charge in [0.2, 0.25) is 0 Å². The van der Waals surface area contributed by atoms with Crippen molar-refractivity contribution in [1.82, 2.24) is 4.98 Å². The maximum absolute atomic E-state index is 11.2. The highest BCUT2D eigenvalue weighted by Gasteiger charge is 2.42. The van der Waals surface area contributed by atoms with Gasteiger partial charge in [0.25, 0.3) is 5.91 Å². The van der Waals surface area contributed by atoms with Gasteiger partial charge in [-0.3, -0.25) is 4.79 Å². The number of nitrogens with two attached hydrogens (primary N) is 1. The van der Waals surface area contributed by atoms with E-state index < -0.39 is 5.91 Å². The molecule has 22 heavy (non-hydrogen) atoms. The van der Waals surface area contributed by atoms with Gasteiger partial charge < -0.3 is 15.4 Å². The molecular formula is C15H17N3O2S2. The number of thiazole rings is 1. The van der Waals surface area contributed by atoms with Crippen LogP contribution in [0.4, 0.5) is 5.13 Å². The van der Waals surface area contributed by atoms with Crippen molar-refractivity contribution in [3.63, 3.8) is 0 Å². The van der Waals surface area contributed by atoms with Crippen molar-refractivity contribution < 1.29 is 9.53 Å². The molecule has 4 rings (SSSR count). The van der Waals surface area contributed by atoms with Crippen LogP contribution in [-0.2, 0) is 16.8 Å². The summed E-state index contributed by atoms with van der Waals surface area (Å²) in [5.41, 5.74) is 6.98. The normalized spacial score (nSPS) is 20.1. The predicted molar refractivity (Wildman–Crippen MR) is 87.7 cm³/mol. The Morgan fingerprint density at radius 2 is 2.18 bits per heavy atom. The first-order valence-electron chi connectivity index (χ1n) is 7.39. The molecule has 2 N–H and O–H groups in total. The number of carbonyl (C=O) groups excluding carboxylic acids is 1. The first-order chi connectivity index (χ1) is 10.7. The second-order valence-corrected chi connectivity index (χ2v) is 7.49. The fraction of sp³-hybridized carbons (Fsp3) is 0.467. The Morgan fingerprint density at radius 3 is 2.91 bits per heavy atom. The van der Waals surface area contributed by atoms with E-state index in [1.165, 1.54) is 21.8 Å². The van der Waals surface area contributed by atoms with Gasteiger partial charge in [-0.25, -0.2) is 4.98 Å². The number of hydrogen-bond acceptors (Lipinski definition) is 6. The maximum atomic E-state index is 11.2. The molecule has 0 aromatic carbocycles. The van der Waals surface area contributed by atoms with E-state index in [1.54, 1.807) is 5.38 Å². The molecule has 0 saturated carbocycles. The van der Waals surface area contributed by atoms with Gasteiger partial charge >= 0.3 is 0 Å². The Bertz CT molecular complexity index is 701. The lowest BCUT2D eigenvalue weighted by Crippen LogP contribution is -2.46. The molecule has 7 heteroatoms. The lowest BCUT2D eigenvalue weighted by molar-refractivity contribution is -0.0735. The number of rotatable bonds is 2. The fourth-order valence-corrected chi connectivity index (χ4v) is 5.34. The molecule has 0 aliphatic carbocycles. The first-order valence-corrected chi connectivity index (χ1v) is 9.15. The smallest absolute Gasteiger partial charge is 0.268 e. The van der Waals surface area contributed by atoms with Crippen LogP contribution in [0.5, 0.6) is 0 Å². The van der Waals surface area contributed by atoms with Gasteiger partial charge in [-0.05, 0) is 36.3 Å². The third-order valence-corrected chi connectivity index (χ3v) is 6.54. The van der Waals surface area contributed by atoms with E-state index in [1.807, 2.05) is 11.3 Å². The molecule has 0 radical (unpaired) electrons. The standard InChI is InChI=1S/C15H17N3O2S2/c16-13(19)11-9-22-14(17-11)18-5-3-15(4-6-18)12-10(1-7-20-15)2-8-21-12/h2,8-9H,1,3-7H2,(H2,16,19). The van der Waals surface area contributed by atoms with E-state index in [0.717, 1.165) is 44.1 Å². The molecule has 2 aromatic rings. The summed E-state index contributed by atoms with van der Waals surface area (Å²) < 4.78 is 6.21. The molecule has 1 fully saturated rings. The lowest BCUT2D eigenvalue weighted by atomic mass is 9.85. The van der Waals surface area contributed by atoms with Gasteiger partial charge in [-0.1, -0.05) is 0 Å². The van der Waals surface area contributed by atoms with Crippen LogP contribution in [0.3, 0.4) is 0 Å². The van der Waals surface area contributed by atoms with Crippen molar-refractivity contribution in [3.8, 4) is 0 Å². The van der Waals surface area contributed by atoms with Crippen LogP contribution in [0.25, 0.3) is 0 Å². The average molecular weight is 335 g/mol. The number of thiophene rings is 1. The number of ether oxygens (including phenoxy) is 1. The zero-order valence-corrected chi connectivity index (χ0v) is 13.7. The van der Waals surface area contributed by atoms with E-state index in [4.69, 9.17) is 10.5 Å². The number of hydrogen-bond donors (Lipinski definition) is 1. The van der Waals surface area contributed by atoms with E-state index >= 15 is 0 Å². The molecule has 5 nitrogen and oxygen atoms in total. The molecule has 2 aliphatic heterocycles. The van der Waals surface area contributed by atoms with E-state index in [2.05, 4.69) is 21.3 Å². The highest BCUT2D eigenvalue weighted by Crippen LogP contribution is 2.44. The van der Waals surface area contributed by atoms with Crippen molar-refractivity contribution in [3.05, 3.63) is 33.0 Å². The minimum Gasteiger partial charge on any atom is -0.369 e. The summed E-state index contributed by atoms with van der Waals surface area (Å²) in [6.07, 6.45) is 2.96. The summed E-state index contributed by atoms with van der Waals surface area (Å²) in [5, 5.41) is 4.79. The number of primary amides is 1. The van der Waals surface area contributed by atoms with Crippen LogP contribution in [0.15, 0.2) is 16.8 Å². The number of carbonyl (C=O) groups is 1. The summed E-state index contributed by atoms with van der Waals surface area (Å²) in [4.78, 5) is 19.2. The van der Waals surface area contributed by atoms with Crippen molar-refractivity contribution in [2.24, 2.45) is 5.73 Å². The van der Waals surface area contributed by atoms with E-state index in [-0.39, 0.29) is 5.60 Å². The van der Waals surface area contributed by atoms with Gasteiger partial charge in [-0.2, -0.15) is 0 Å². The summed E-state index contributed by atoms with van der Waals surface area (Å²) >= 11 is 3.30. The molecule has 2 aliphatic rings. The number of piperidine rings is 1. The Kier molecular flexibility index (Phi) is 3.43. The summed E-state index contributed by atoms with van der Waals surface area (Å²) in [6.45, 7) is 2.60. The Hall–Kier alpha value is -1.44. The molecule has 0 unspecified atom stereocenters. The summed E-state index contributed by atoms with van der Waals surface area (Å²) in [5.74, 6) is -0.463. The Balaban J connectivity index is 1.52. The molecule has 0 atom stereocenters. The Labute approximate surface area is 136 Å².